The predicted octanol–water partition coefficient (Wildman–Crippen LogP) is 4.07. The third-order valence-corrected chi connectivity index (χ3v) is 2.50. The quantitative estimate of drug-likeness (QED) is 0.692. The minimum Gasteiger partial charge on any atom is -0.226 e. The third-order valence-electron chi connectivity index (χ3n) is 2.50. The van der Waals surface area contributed by atoms with Crippen molar-refractivity contribution in [2.24, 2.45) is 0 Å². The third kappa shape index (κ3) is 3.06. The van der Waals surface area contributed by atoms with Gasteiger partial charge >= 0.3 is 21.1 Å². The van der Waals surface area contributed by atoms with Gasteiger partial charge in [0.15, 0.2) is 0 Å². The fraction of sp³-hybridized carbons (Fsp3) is 0.200. The first-order valence-electron chi connectivity index (χ1n) is 5.26. The van der Waals surface area contributed by atoms with Crippen LogP contribution in [0.25, 0.3) is 11.1 Å². The molecule has 0 saturated carbocycles. The summed E-state index contributed by atoms with van der Waals surface area (Å²) in [4.78, 5) is 0. The van der Waals surface area contributed by atoms with E-state index in [4.69, 9.17) is 0 Å². The summed E-state index contributed by atoms with van der Waals surface area (Å²) in [6.45, 7) is 4.38. The number of benzene rings is 2. The molecule has 0 unspecified atom stereocenters. The van der Waals surface area contributed by atoms with Gasteiger partial charge in [-0.15, -0.1) is 11.6 Å². The monoisotopic (exact) mass is 378 g/mol. The van der Waals surface area contributed by atoms with Crippen LogP contribution in [0, 0.1) is 12.1 Å². The molecule has 0 aliphatic heterocycles. The van der Waals surface area contributed by atoms with Crippen LogP contribution >= 0.6 is 0 Å². The molecule has 16 heavy (non-hydrogen) atoms. The second-order valence-electron chi connectivity index (χ2n) is 3.97. The van der Waals surface area contributed by atoms with E-state index in [0.29, 0.717) is 5.92 Å². The summed E-state index contributed by atoms with van der Waals surface area (Å²) < 4.78 is 0. The number of hydrogen-bond acceptors (Lipinski definition) is 0. The maximum absolute atomic E-state index is 3.30. The molecule has 0 aliphatic rings. The van der Waals surface area contributed by atoms with Gasteiger partial charge in [0.1, 0.15) is 0 Å². The normalized spacial score (nSPS) is 9.94. The van der Waals surface area contributed by atoms with Crippen molar-refractivity contribution in [3.8, 4) is 11.1 Å². The van der Waals surface area contributed by atoms with Crippen LogP contribution in [0.5, 0.6) is 0 Å². The molecule has 0 atom stereocenters. The number of rotatable bonds is 2. The molecule has 0 N–H and O–H groups in total. The van der Waals surface area contributed by atoms with Crippen LogP contribution in [0.2, 0.25) is 0 Å². The van der Waals surface area contributed by atoms with Gasteiger partial charge in [0.25, 0.3) is 0 Å². The molecule has 1 heteroatoms. The van der Waals surface area contributed by atoms with Crippen LogP contribution in [0.15, 0.2) is 42.5 Å². The van der Waals surface area contributed by atoms with Crippen molar-refractivity contribution >= 4 is 0 Å². The Kier molecular flexibility index (Phi) is 4.96. The average Bonchev–Trinajstić information content (AvgIpc) is 2.30. The van der Waals surface area contributed by atoms with Gasteiger partial charge < -0.3 is 0 Å². The van der Waals surface area contributed by atoms with Crippen molar-refractivity contribution in [1.29, 1.82) is 0 Å². The van der Waals surface area contributed by atoms with E-state index in [-0.39, 0.29) is 21.1 Å². The minimum atomic E-state index is 0. The van der Waals surface area contributed by atoms with E-state index in [2.05, 4.69) is 50.2 Å². The molecule has 0 spiro atoms. The molecule has 2 aromatic carbocycles. The Labute approximate surface area is 112 Å². The SMILES string of the molecule is CC(C)c1c[c-]c(-c2[c-]cccc2)cc1.[W+2]. The Bertz CT molecular complexity index is 415. The Hall–Kier alpha value is -0.872. The van der Waals surface area contributed by atoms with Crippen LogP contribution < -0.4 is 0 Å². The summed E-state index contributed by atoms with van der Waals surface area (Å²) in [5.41, 5.74) is 3.54. The van der Waals surface area contributed by atoms with Crippen molar-refractivity contribution in [3.05, 3.63) is 60.2 Å². The minimum absolute atomic E-state index is 0. The molecule has 0 nitrogen and oxygen atoms in total. The Morgan fingerprint density at radius 3 is 2.19 bits per heavy atom. The first-order valence-corrected chi connectivity index (χ1v) is 5.26. The molecule has 2 rings (SSSR count). The Balaban J connectivity index is 0.00000128. The first-order chi connectivity index (χ1) is 7.27. The van der Waals surface area contributed by atoms with E-state index < -0.39 is 0 Å². The summed E-state index contributed by atoms with van der Waals surface area (Å²) in [5.74, 6) is 0.565. The zero-order valence-corrected chi connectivity index (χ0v) is 12.5. The first kappa shape index (κ1) is 13.2. The van der Waals surface area contributed by atoms with Crippen molar-refractivity contribution in [2.45, 2.75) is 19.8 Å². The van der Waals surface area contributed by atoms with Gasteiger partial charge in [-0.1, -0.05) is 19.8 Å². The summed E-state index contributed by atoms with van der Waals surface area (Å²) in [6, 6.07) is 20.8. The maximum Gasteiger partial charge on any atom is 2.00 e. The largest absolute Gasteiger partial charge is 2.00 e. The standard InChI is InChI=1S/C15H14.W/c1-12(2)13-8-10-15(11-9-13)14-6-4-3-5-7-14;/h3-6,8-10,12H,1-2H3;/q-2;+2. The van der Waals surface area contributed by atoms with Crippen LogP contribution in [0.4, 0.5) is 0 Å². The van der Waals surface area contributed by atoms with E-state index in [1.165, 1.54) is 5.56 Å². The van der Waals surface area contributed by atoms with E-state index in [1.807, 2.05) is 18.2 Å². The maximum atomic E-state index is 3.30. The molecule has 2 aromatic rings. The van der Waals surface area contributed by atoms with E-state index in [9.17, 15) is 0 Å². The smallest absolute Gasteiger partial charge is 0.226 e. The molecule has 0 bridgehead atoms. The fourth-order valence-electron chi connectivity index (χ4n) is 1.52. The van der Waals surface area contributed by atoms with Gasteiger partial charge in [-0.05, 0) is 0 Å². The molecule has 0 amide bonds. The molecular formula is C15H14W. The Morgan fingerprint density at radius 1 is 0.938 bits per heavy atom. The summed E-state index contributed by atoms with van der Waals surface area (Å²) in [6.07, 6.45) is 0. The van der Waals surface area contributed by atoms with Gasteiger partial charge in [-0.25, -0.2) is 11.1 Å². The fourth-order valence-corrected chi connectivity index (χ4v) is 1.52. The van der Waals surface area contributed by atoms with Crippen LogP contribution in [0.3, 0.4) is 0 Å². The van der Waals surface area contributed by atoms with Crippen LogP contribution in [-0.4, -0.2) is 0 Å². The summed E-state index contributed by atoms with van der Waals surface area (Å²) in [7, 11) is 0. The summed E-state index contributed by atoms with van der Waals surface area (Å²) in [5, 5.41) is 0. The molecule has 0 fully saturated rings. The van der Waals surface area contributed by atoms with Crippen molar-refractivity contribution in [1.82, 2.24) is 0 Å². The Morgan fingerprint density at radius 2 is 1.69 bits per heavy atom. The van der Waals surface area contributed by atoms with Crippen LogP contribution in [0.1, 0.15) is 25.3 Å². The molecule has 0 aliphatic carbocycles. The zero-order chi connectivity index (χ0) is 10.7. The number of hydrogen-bond donors (Lipinski definition) is 0. The van der Waals surface area contributed by atoms with Gasteiger partial charge in [0, 0.05) is 0 Å². The van der Waals surface area contributed by atoms with Crippen molar-refractivity contribution in [3.63, 3.8) is 0 Å². The van der Waals surface area contributed by atoms with Gasteiger partial charge in [0.2, 0.25) is 0 Å². The van der Waals surface area contributed by atoms with Crippen LogP contribution in [-0.2, 0) is 21.1 Å². The molecule has 0 heterocycles. The van der Waals surface area contributed by atoms with Gasteiger partial charge in [-0.2, -0.15) is 48.5 Å². The van der Waals surface area contributed by atoms with E-state index in [0.717, 1.165) is 11.1 Å². The summed E-state index contributed by atoms with van der Waals surface area (Å²) >= 11 is 0. The second-order valence-corrected chi connectivity index (χ2v) is 3.97. The molecule has 0 aromatic heterocycles. The van der Waals surface area contributed by atoms with Gasteiger partial charge in [-0.3, -0.25) is 0 Å². The van der Waals surface area contributed by atoms with E-state index >= 15 is 0 Å². The van der Waals surface area contributed by atoms with Gasteiger partial charge in [0.05, 0.1) is 0 Å². The zero-order valence-electron chi connectivity index (χ0n) is 9.53. The van der Waals surface area contributed by atoms with Crippen molar-refractivity contribution < 1.29 is 21.1 Å². The molecular weight excluding hydrogens is 364 g/mol. The second kappa shape index (κ2) is 6.01. The molecule has 80 valence electrons. The average molecular weight is 378 g/mol. The molecule has 0 radical (unpaired) electrons. The van der Waals surface area contributed by atoms with Crippen molar-refractivity contribution in [2.75, 3.05) is 0 Å². The topological polar surface area (TPSA) is 0 Å². The van der Waals surface area contributed by atoms with E-state index in [1.54, 1.807) is 0 Å². The molecule has 0 saturated heterocycles. The predicted molar refractivity (Wildman–Crippen MR) is 63.6 cm³/mol.